The summed E-state index contributed by atoms with van der Waals surface area (Å²) in [7, 11) is 0. The zero-order chi connectivity index (χ0) is 36.3. The number of rotatable bonds is 6. The van der Waals surface area contributed by atoms with Gasteiger partial charge in [-0.2, -0.15) is 0 Å². The van der Waals surface area contributed by atoms with E-state index in [4.69, 9.17) is 0 Å². The second kappa shape index (κ2) is 12.9. The van der Waals surface area contributed by atoms with Crippen LogP contribution in [0.3, 0.4) is 0 Å². The molecule has 0 aliphatic rings. The van der Waals surface area contributed by atoms with Gasteiger partial charge in [-0.05, 0) is 88.8 Å². The molecule has 0 fully saturated rings. The van der Waals surface area contributed by atoms with Crippen molar-refractivity contribution in [2.24, 2.45) is 0 Å². The molecule has 0 unspecified atom stereocenters. The molecule has 2 nitrogen and oxygen atoms in total. The van der Waals surface area contributed by atoms with E-state index in [0.717, 1.165) is 22.7 Å². The molecule has 0 aliphatic carbocycles. The van der Waals surface area contributed by atoms with Gasteiger partial charge in [-0.1, -0.05) is 140 Å². The highest BCUT2D eigenvalue weighted by atomic mass is 32.1. The van der Waals surface area contributed by atoms with Crippen molar-refractivity contribution in [2.45, 2.75) is 0 Å². The van der Waals surface area contributed by atoms with Crippen molar-refractivity contribution in [1.29, 1.82) is 0 Å². The van der Waals surface area contributed by atoms with E-state index in [0.29, 0.717) is 0 Å². The Morgan fingerprint density at radius 2 is 1.07 bits per heavy atom. The van der Waals surface area contributed by atoms with E-state index in [2.05, 4.69) is 216 Å². The van der Waals surface area contributed by atoms with Crippen LogP contribution in [-0.4, -0.2) is 4.57 Å². The zero-order valence-electron chi connectivity index (χ0n) is 29.9. The van der Waals surface area contributed by atoms with Gasteiger partial charge in [-0.3, -0.25) is 0 Å². The summed E-state index contributed by atoms with van der Waals surface area (Å²) in [6, 6.07) is 75.2. The van der Waals surface area contributed by atoms with E-state index in [1.807, 2.05) is 11.3 Å². The molecule has 0 saturated heterocycles. The van der Waals surface area contributed by atoms with Crippen LogP contribution >= 0.6 is 11.3 Å². The number of nitrogens with zero attached hydrogens (tertiary/aromatic N) is 2. The fourth-order valence-corrected chi connectivity index (χ4v) is 9.53. The number of benzene rings is 9. The van der Waals surface area contributed by atoms with Crippen LogP contribution in [0.5, 0.6) is 0 Å². The number of fused-ring (bicyclic) bond motifs is 8. The number of thiophene rings is 1. The molecule has 0 N–H and O–H groups in total. The maximum absolute atomic E-state index is 2.43. The Bertz CT molecular complexity index is 3210. The first kappa shape index (κ1) is 31.6. The van der Waals surface area contributed by atoms with Crippen molar-refractivity contribution < 1.29 is 0 Å². The van der Waals surface area contributed by atoms with Crippen LogP contribution < -0.4 is 4.90 Å². The quantitative estimate of drug-likeness (QED) is 0.166. The van der Waals surface area contributed by atoms with Gasteiger partial charge in [-0.15, -0.1) is 11.3 Å². The molecule has 9 aromatic carbocycles. The molecule has 0 atom stereocenters. The normalized spacial score (nSPS) is 11.6. The van der Waals surface area contributed by atoms with Crippen LogP contribution in [0.25, 0.3) is 80.7 Å². The van der Waals surface area contributed by atoms with Crippen molar-refractivity contribution in [3.05, 3.63) is 206 Å². The lowest BCUT2D eigenvalue weighted by molar-refractivity contribution is 1.19. The highest BCUT2D eigenvalue weighted by Gasteiger charge is 2.20. The summed E-state index contributed by atoms with van der Waals surface area (Å²) in [6.07, 6.45) is 0. The second-order valence-corrected chi connectivity index (χ2v) is 15.2. The van der Waals surface area contributed by atoms with Crippen molar-refractivity contribution in [3.8, 4) is 27.9 Å². The summed E-state index contributed by atoms with van der Waals surface area (Å²) in [5.74, 6) is 0. The molecule has 2 heterocycles. The fraction of sp³-hybridized carbons (Fsp3) is 0. The lowest BCUT2D eigenvalue weighted by Gasteiger charge is -2.28. The minimum Gasteiger partial charge on any atom is -0.310 e. The minimum atomic E-state index is 1.11. The summed E-state index contributed by atoms with van der Waals surface area (Å²) in [4.78, 5) is 2.43. The van der Waals surface area contributed by atoms with Crippen LogP contribution in [0.15, 0.2) is 206 Å². The summed E-state index contributed by atoms with van der Waals surface area (Å²) in [6.45, 7) is 0. The number of aromatic nitrogens is 1. The molecule has 0 bridgehead atoms. The summed E-state index contributed by atoms with van der Waals surface area (Å²) >= 11 is 1.86. The Labute approximate surface area is 323 Å². The predicted octanol–water partition coefficient (Wildman–Crippen LogP) is 15.1. The van der Waals surface area contributed by atoms with Crippen LogP contribution in [0.1, 0.15) is 0 Å². The largest absolute Gasteiger partial charge is 0.310 e. The maximum Gasteiger partial charge on any atom is 0.0619 e. The first-order chi connectivity index (χ1) is 27.3. The molecule has 11 aromatic rings. The molecule has 0 spiro atoms. The molecule has 0 saturated carbocycles. The van der Waals surface area contributed by atoms with Gasteiger partial charge >= 0.3 is 0 Å². The average Bonchev–Trinajstić information content (AvgIpc) is 3.80. The Kier molecular flexibility index (Phi) is 7.39. The molecular formula is C52H34N2S. The molecule has 11 rings (SSSR count). The van der Waals surface area contributed by atoms with Gasteiger partial charge in [0.25, 0.3) is 0 Å². The fourth-order valence-electron chi connectivity index (χ4n) is 8.44. The average molecular weight is 719 g/mol. The third-order valence-corrected chi connectivity index (χ3v) is 12.1. The standard InChI is InChI=1S/C52H34N2S/c1-3-14-35(15-4-1)42-21-9-11-24-48(42)53(41-28-31-51-47(34-41)44-23-10-12-25-50(44)55-51)40-20-13-17-37(32-40)38-27-30-49-46(33-38)45-29-26-36-16-7-8-22-43(36)52(45)54(49)39-18-5-2-6-19-39/h1-34H. The van der Waals surface area contributed by atoms with Crippen LogP contribution in [0, 0.1) is 0 Å². The van der Waals surface area contributed by atoms with E-state index in [1.165, 1.54) is 75.0 Å². The first-order valence-corrected chi connectivity index (χ1v) is 19.6. The molecule has 258 valence electrons. The number of anilines is 3. The van der Waals surface area contributed by atoms with Gasteiger partial charge in [0.15, 0.2) is 0 Å². The highest BCUT2D eigenvalue weighted by molar-refractivity contribution is 7.25. The van der Waals surface area contributed by atoms with E-state index in [-0.39, 0.29) is 0 Å². The Hall–Kier alpha value is -6.94. The third kappa shape index (κ3) is 5.24. The van der Waals surface area contributed by atoms with Gasteiger partial charge in [0.2, 0.25) is 0 Å². The summed E-state index contributed by atoms with van der Waals surface area (Å²) in [5.41, 5.74) is 11.7. The number of hydrogen-bond donors (Lipinski definition) is 0. The number of hydrogen-bond acceptors (Lipinski definition) is 2. The SMILES string of the molecule is c1ccc(-c2ccccc2N(c2cccc(-c3ccc4c(c3)c3ccc5ccccc5c3n4-c3ccccc3)c2)c2ccc3sc4ccccc4c3c2)cc1. The highest BCUT2D eigenvalue weighted by Crippen LogP contribution is 2.45. The number of para-hydroxylation sites is 2. The van der Waals surface area contributed by atoms with Crippen molar-refractivity contribution in [1.82, 2.24) is 4.57 Å². The van der Waals surface area contributed by atoms with Gasteiger partial charge in [0, 0.05) is 59.0 Å². The lowest BCUT2D eigenvalue weighted by Crippen LogP contribution is -2.11. The van der Waals surface area contributed by atoms with E-state index in [9.17, 15) is 0 Å². The monoisotopic (exact) mass is 718 g/mol. The molecule has 0 aliphatic heterocycles. The minimum absolute atomic E-state index is 1.11. The van der Waals surface area contributed by atoms with Crippen LogP contribution in [0.4, 0.5) is 17.1 Å². The molecule has 55 heavy (non-hydrogen) atoms. The topological polar surface area (TPSA) is 8.17 Å². The van der Waals surface area contributed by atoms with Crippen molar-refractivity contribution >= 4 is 81.1 Å². The molecule has 0 radical (unpaired) electrons. The molecule has 0 amide bonds. The van der Waals surface area contributed by atoms with Gasteiger partial charge in [0.05, 0.1) is 16.7 Å². The van der Waals surface area contributed by atoms with E-state index >= 15 is 0 Å². The van der Waals surface area contributed by atoms with Crippen molar-refractivity contribution in [2.75, 3.05) is 4.90 Å². The van der Waals surface area contributed by atoms with E-state index in [1.54, 1.807) is 0 Å². The Morgan fingerprint density at radius 3 is 1.96 bits per heavy atom. The van der Waals surface area contributed by atoms with Crippen LogP contribution in [0.2, 0.25) is 0 Å². The Balaban J connectivity index is 1.12. The molecule has 2 aromatic heterocycles. The molecule has 3 heteroatoms. The summed E-state index contributed by atoms with van der Waals surface area (Å²) in [5, 5.41) is 7.58. The van der Waals surface area contributed by atoms with Gasteiger partial charge < -0.3 is 9.47 Å². The smallest absolute Gasteiger partial charge is 0.0619 e. The van der Waals surface area contributed by atoms with Gasteiger partial charge in [0.1, 0.15) is 0 Å². The second-order valence-electron chi connectivity index (χ2n) is 14.1. The predicted molar refractivity (Wildman–Crippen MR) is 237 cm³/mol. The first-order valence-electron chi connectivity index (χ1n) is 18.8. The summed E-state index contributed by atoms with van der Waals surface area (Å²) < 4.78 is 5.04. The molecular weight excluding hydrogens is 685 g/mol. The third-order valence-electron chi connectivity index (χ3n) is 11.0. The maximum atomic E-state index is 2.43. The van der Waals surface area contributed by atoms with Crippen molar-refractivity contribution in [3.63, 3.8) is 0 Å². The van der Waals surface area contributed by atoms with Crippen LogP contribution in [-0.2, 0) is 0 Å². The van der Waals surface area contributed by atoms with Gasteiger partial charge in [-0.25, -0.2) is 0 Å². The lowest BCUT2D eigenvalue weighted by atomic mass is 9.99. The zero-order valence-corrected chi connectivity index (χ0v) is 30.7. The van der Waals surface area contributed by atoms with E-state index < -0.39 is 0 Å². The Morgan fingerprint density at radius 1 is 0.382 bits per heavy atom.